The number of nitro groups is 1. The van der Waals surface area contributed by atoms with Crippen LogP contribution in [0, 0.1) is 17.0 Å². The molecule has 6 heteroatoms. The zero-order valence-electron chi connectivity index (χ0n) is 19.3. The van der Waals surface area contributed by atoms with Crippen LogP contribution in [0.15, 0.2) is 72.9 Å². The molecule has 0 aliphatic heterocycles. The predicted molar refractivity (Wildman–Crippen MR) is 132 cm³/mol. The Morgan fingerprint density at radius 2 is 1.88 bits per heavy atom. The maximum absolute atomic E-state index is 13.0. The van der Waals surface area contributed by atoms with Gasteiger partial charge in [0.25, 0.3) is 5.69 Å². The smallest absolute Gasteiger partial charge is 0.269 e. The number of nitrogens with zero attached hydrogens (tertiary/aromatic N) is 3. The number of nitro benzene ring substituents is 1. The highest BCUT2D eigenvalue weighted by atomic mass is 16.6. The van der Waals surface area contributed by atoms with Crippen molar-refractivity contribution in [1.29, 1.82) is 0 Å². The summed E-state index contributed by atoms with van der Waals surface area (Å²) < 4.78 is 2.19. The van der Waals surface area contributed by atoms with Crippen molar-refractivity contribution in [3.8, 4) is 0 Å². The van der Waals surface area contributed by atoms with Gasteiger partial charge in [-0.2, -0.15) is 0 Å². The molecule has 3 aromatic rings. The Bertz CT molecular complexity index is 1100. The Morgan fingerprint density at radius 3 is 2.58 bits per heavy atom. The lowest BCUT2D eigenvalue weighted by Gasteiger charge is -2.22. The van der Waals surface area contributed by atoms with Gasteiger partial charge in [0.1, 0.15) is 0 Å². The molecule has 3 rings (SSSR count). The summed E-state index contributed by atoms with van der Waals surface area (Å²) in [5.41, 5.74) is 4.34. The molecular weight excluding hydrogens is 414 g/mol. The zero-order valence-corrected chi connectivity index (χ0v) is 19.3. The number of aryl methyl sites for hydroxylation is 1. The predicted octanol–water partition coefficient (Wildman–Crippen LogP) is 5.99. The summed E-state index contributed by atoms with van der Waals surface area (Å²) in [5, 5.41) is 10.8. The van der Waals surface area contributed by atoms with Gasteiger partial charge in [0.15, 0.2) is 0 Å². The fourth-order valence-electron chi connectivity index (χ4n) is 3.75. The molecule has 0 saturated heterocycles. The normalized spacial score (nSPS) is 11.1. The largest absolute Gasteiger partial charge is 0.345 e. The first kappa shape index (κ1) is 24.0. The molecule has 172 valence electrons. The van der Waals surface area contributed by atoms with Crippen molar-refractivity contribution in [2.75, 3.05) is 6.54 Å². The average molecular weight is 446 g/mol. The van der Waals surface area contributed by atoms with Gasteiger partial charge < -0.3 is 9.47 Å². The van der Waals surface area contributed by atoms with E-state index in [1.807, 2.05) is 11.0 Å². The van der Waals surface area contributed by atoms with Gasteiger partial charge in [-0.1, -0.05) is 49.6 Å². The van der Waals surface area contributed by atoms with Gasteiger partial charge in [-0.05, 0) is 54.8 Å². The van der Waals surface area contributed by atoms with Gasteiger partial charge in [0.05, 0.1) is 11.5 Å². The minimum absolute atomic E-state index is 0.0361. The number of hydrogen-bond acceptors (Lipinski definition) is 3. The van der Waals surface area contributed by atoms with Crippen LogP contribution < -0.4 is 0 Å². The lowest BCUT2D eigenvalue weighted by Crippen LogP contribution is -2.31. The summed E-state index contributed by atoms with van der Waals surface area (Å²) in [6.45, 7) is 6.22. The third-order valence-corrected chi connectivity index (χ3v) is 5.58. The number of hydrogen-bond donors (Lipinski definition) is 0. The van der Waals surface area contributed by atoms with Crippen LogP contribution >= 0.6 is 0 Å². The van der Waals surface area contributed by atoms with Crippen LogP contribution in [-0.4, -0.2) is 26.8 Å². The van der Waals surface area contributed by atoms with Crippen molar-refractivity contribution in [3.63, 3.8) is 0 Å². The van der Waals surface area contributed by atoms with Crippen molar-refractivity contribution in [2.45, 2.75) is 46.2 Å². The third-order valence-electron chi connectivity index (χ3n) is 5.58. The van der Waals surface area contributed by atoms with Crippen molar-refractivity contribution in [1.82, 2.24) is 9.47 Å². The second-order valence-electron chi connectivity index (χ2n) is 8.27. The molecule has 0 spiro atoms. The molecule has 1 amide bonds. The maximum atomic E-state index is 13.0. The van der Waals surface area contributed by atoms with E-state index in [4.69, 9.17) is 0 Å². The standard InChI is InChI=1S/C27H31N3O3/c1-3-4-5-17-29(27(31)16-13-23-11-14-25(15-12-23)30(32)33)21-26-10-7-18-28(26)20-24-9-6-8-22(2)19-24/h6-16,18-19H,3-5,17,20-21H2,1-2H3/b16-13+. The summed E-state index contributed by atoms with van der Waals surface area (Å²) in [7, 11) is 0. The number of aromatic nitrogens is 1. The minimum Gasteiger partial charge on any atom is -0.345 e. The molecule has 0 radical (unpaired) electrons. The van der Waals surface area contributed by atoms with E-state index in [1.165, 1.54) is 23.3 Å². The van der Waals surface area contributed by atoms with Crippen molar-refractivity contribution >= 4 is 17.7 Å². The third kappa shape index (κ3) is 7.17. The van der Waals surface area contributed by atoms with E-state index in [-0.39, 0.29) is 11.6 Å². The molecule has 0 N–H and O–H groups in total. The number of benzene rings is 2. The maximum Gasteiger partial charge on any atom is 0.269 e. The Kier molecular flexibility index (Phi) is 8.58. The molecule has 0 aliphatic rings. The molecule has 2 aromatic carbocycles. The first-order valence-corrected chi connectivity index (χ1v) is 11.4. The monoisotopic (exact) mass is 445 g/mol. The van der Waals surface area contributed by atoms with Crippen LogP contribution in [0.4, 0.5) is 5.69 Å². The van der Waals surface area contributed by atoms with E-state index in [2.05, 4.69) is 54.9 Å². The van der Waals surface area contributed by atoms with Crippen LogP contribution in [-0.2, 0) is 17.9 Å². The van der Waals surface area contributed by atoms with Gasteiger partial charge >= 0.3 is 0 Å². The lowest BCUT2D eigenvalue weighted by atomic mass is 10.1. The molecule has 0 saturated carbocycles. The van der Waals surface area contributed by atoms with Gasteiger partial charge in [0.2, 0.25) is 5.91 Å². The first-order chi connectivity index (χ1) is 16.0. The van der Waals surface area contributed by atoms with Gasteiger partial charge in [0, 0.05) is 43.2 Å². The molecule has 1 heterocycles. The summed E-state index contributed by atoms with van der Waals surface area (Å²) in [6.07, 6.45) is 8.43. The van der Waals surface area contributed by atoms with Crippen LogP contribution in [0.5, 0.6) is 0 Å². The molecule has 0 fully saturated rings. The Hall–Kier alpha value is -3.67. The summed E-state index contributed by atoms with van der Waals surface area (Å²) in [5.74, 6) is -0.0623. The Balaban J connectivity index is 1.72. The van der Waals surface area contributed by atoms with Crippen LogP contribution in [0.25, 0.3) is 6.08 Å². The molecule has 0 atom stereocenters. The van der Waals surface area contributed by atoms with Gasteiger partial charge in [-0.3, -0.25) is 14.9 Å². The van der Waals surface area contributed by atoms with E-state index in [0.717, 1.165) is 37.1 Å². The fourth-order valence-corrected chi connectivity index (χ4v) is 3.75. The minimum atomic E-state index is -0.431. The van der Waals surface area contributed by atoms with Crippen molar-refractivity contribution in [2.24, 2.45) is 0 Å². The molecule has 1 aromatic heterocycles. The van der Waals surface area contributed by atoms with Crippen LogP contribution in [0.3, 0.4) is 0 Å². The summed E-state index contributed by atoms with van der Waals surface area (Å²) in [6, 6.07) is 18.7. The molecule has 6 nitrogen and oxygen atoms in total. The number of carbonyl (C=O) groups excluding carboxylic acids is 1. The molecule has 0 bridgehead atoms. The summed E-state index contributed by atoms with van der Waals surface area (Å²) in [4.78, 5) is 25.3. The van der Waals surface area contributed by atoms with E-state index in [1.54, 1.807) is 24.3 Å². The SMILES string of the molecule is CCCCCN(Cc1cccn1Cc1cccc(C)c1)C(=O)/C=C/c1ccc([N+](=O)[O-])cc1. The van der Waals surface area contributed by atoms with Crippen molar-refractivity contribution in [3.05, 3.63) is 105 Å². The highest BCUT2D eigenvalue weighted by molar-refractivity contribution is 5.91. The lowest BCUT2D eigenvalue weighted by molar-refractivity contribution is -0.384. The Labute approximate surface area is 195 Å². The van der Waals surface area contributed by atoms with Gasteiger partial charge in [-0.25, -0.2) is 0 Å². The Morgan fingerprint density at radius 1 is 1.09 bits per heavy atom. The van der Waals surface area contributed by atoms with Crippen LogP contribution in [0.1, 0.15) is 48.6 Å². The van der Waals surface area contributed by atoms with E-state index in [0.29, 0.717) is 13.1 Å². The van der Waals surface area contributed by atoms with Crippen molar-refractivity contribution < 1.29 is 9.72 Å². The fraction of sp³-hybridized carbons (Fsp3) is 0.296. The summed E-state index contributed by atoms with van der Waals surface area (Å²) >= 11 is 0. The second-order valence-corrected chi connectivity index (χ2v) is 8.27. The molecular formula is C27H31N3O3. The number of non-ortho nitro benzene ring substituents is 1. The van der Waals surface area contributed by atoms with E-state index in [9.17, 15) is 14.9 Å². The molecule has 0 unspecified atom stereocenters. The van der Waals surface area contributed by atoms with E-state index < -0.39 is 4.92 Å². The number of rotatable bonds is 11. The van der Waals surface area contributed by atoms with Gasteiger partial charge in [-0.15, -0.1) is 0 Å². The average Bonchev–Trinajstić information content (AvgIpc) is 3.23. The quantitative estimate of drug-likeness (QED) is 0.158. The van der Waals surface area contributed by atoms with Crippen LogP contribution in [0.2, 0.25) is 0 Å². The highest BCUT2D eigenvalue weighted by Crippen LogP contribution is 2.15. The highest BCUT2D eigenvalue weighted by Gasteiger charge is 2.14. The number of unbranched alkanes of at least 4 members (excludes halogenated alkanes) is 2. The molecule has 33 heavy (non-hydrogen) atoms. The van der Waals surface area contributed by atoms with E-state index >= 15 is 0 Å². The second kappa shape index (κ2) is 11.8. The zero-order chi connectivity index (χ0) is 23.6. The molecule has 0 aliphatic carbocycles. The number of amides is 1. The first-order valence-electron chi connectivity index (χ1n) is 11.4. The number of carbonyl (C=O) groups is 1. The topological polar surface area (TPSA) is 68.4 Å².